The Morgan fingerprint density at radius 1 is 1.23 bits per heavy atom. The minimum Gasteiger partial charge on any atom is -0.465 e. The van der Waals surface area contributed by atoms with Crippen LogP contribution in [-0.2, 0) is 14.3 Å². The van der Waals surface area contributed by atoms with Gasteiger partial charge >= 0.3 is 5.97 Å². The number of hydrogen-bond acceptors (Lipinski definition) is 3. The van der Waals surface area contributed by atoms with Crippen molar-refractivity contribution in [3.8, 4) is 0 Å². The van der Waals surface area contributed by atoms with Crippen LogP contribution in [0, 0.1) is 5.92 Å². The van der Waals surface area contributed by atoms with E-state index in [1.165, 1.54) is 0 Å². The minimum atomic E-state index is -0.532. The maximum absolute atomic E-state index is 11.3. The largest absolute Gasteiger partial charge is 0.465 e. The number of ketones is 1. The first-order valence-electron chi connectivity index (χ1n) is 4.86. The van der Waals surface area contributed by atoms with Crippen LogP contribution in [0.3, 0.4) is 0 Å². The van der Waals surface area contributed by atoms with Gasteiger partial charge in [0.2, 0.25) is 0 Å². The van der Waals surface area contributed by atoms with Crippen LogP contribution in [0.25, 0.3) is 0 Å². The number of rotatable bonds is 6. The zero-order valence-electron chi connectivity index (χ0n) is 8.63. The molecular formula is C10H18O3. The normalized spacial score (nSPS) is 12.2. The van der Waals surface area contributed by atoms with Crippen molar-refractivity contribution in [2.75, 3.05) is 6.61 Å². The lowest BCUT2D eigenvalue weighted by molar-refractivity contribution is -0.151. The molecule has 0 unspecified atom stereocenters. The molecule has 0 saturated heterocycles. The lowest BCUT2D eigenvalue weighted by Crippen LogP contribution is -2.25. The van der Waals surface area contributed by atoms with Gasteiger partial charge < -0.3 is 4.74 Å². The second-order valence-corrected chi connectivity index (χ2v) is 2.91. The average Bonchev–Trinajstić information content (AvgIpc) is 2.13. The summed E-state index contributed by atoms with van der Waals surface area (Å²) in [5, 5.41) is 0. The molecular weight excluding hydrogens is 168 g/mol. The van der Waals surface area contributed by atoms with E-state index in [-0.39, 0.29) is 11.8 Å². The van der Waals surface area contributed by atoms with Crippen molar-refractivity contribution in [2.24, 2.45) is 5.92 Å². The Hall–Kier alpha value is -0.860. The Bertz CT molecular complexity index is 175. The topological polar surface area (TPSA) is 43.4 Å². The zero-order chi connectivity index (χ0) is 10.3. The summed E-state index contributed by atoms with van der Waals surface area (Å²) >= 11 is 0. The molecule has 0 fully saturated rings. The minimum absolute atomic E-state index is 0.0136. The molecule has 0 heterocycles. The second-order valence-electron chi connectivity index (χ2n) is 2.91. The predicted octanol–water partition coefficient (Wildman–Crippen LogP) is 1.94. The second kappa shape index (κ2) is 6.63. The van der Waals surface area contributed by atoms with E-state index in [4.69, 9.17) is 4.74 Å². The number of ether oxygens (including phenoxy) is 1. The summed E-state index contributed by atoms with van der Waals surface area (Å²) in [6.07, 6.45) is 1.84. The van der Waals surface area contributed by atoms with Gasteiger partial charge in [-0.1, -0.05) is 20.3 Å². The fraction of sp³-hybridized carbons (Fsp3) is 0.800. The molecule has 0 spiro atoms. The lowest BCUT2D eigenvalue weighted by Gasteiger charge is -2.11. The van der Waals surface area contributed by atoms with Crippen molar-refractivity contribution in [1.29, 1.82) is 0 Å². The van der Waals surface area contributed by atoms with E-state index in [2.05, 4.69) is 0 Å². The molecule has 0 aliphatic heterocycles. The zero-order valence-corrected chi connectivity index (χ0v) is 8.63. The molecule has 0 aliphatic carbocycles. The lowest BCUT2D eigenvalue weighted by atomic mass is 9.97. The van der Waals surface area contributed by atoms with Gasteiger partial charge in [0.15, 0.2) is 0 Å². The number of carbonyl (C=O) groups excluding carboxylic acids is 2. The Balaban J connectivity index is 4.22. The van der Waals surface area contributed by atoms with Crippen LogP contribution in [-0.4, -0.2) is 18.4 Å². The van der Waals surface area contributed by atoms with Gasteiger partial charge in [0.05, 0.1) is 6.61 Å². The van der Waals surface area contributed by atoms with Crippen molar-refractivity contribution in [3.05, 3.63) is 0 Å². The Kier molecular flexibility index (Phi) is 6.20. The molecule has 0 aromatic rings. The van der Waals surface area contributed by atoms with Gasteiger partial charge in [0.25, 0.3) is 0 Å². The molecule has 0 N–H and O–H groups in total. The van der Waals surface area contributed by atoms with Gasteiger partial charge in [-0.2, -0.15) is 0 Å². The first-order valence-corrected chi connectivity index (χ1v) is 4.86. The summed E-state index contributed by atoms with van der Waals surface area (Å²) in [4.78, 5) is 22.6. The van der Waals surface area contributed by atoms with E-state index in [1.807, 2.05) is 6.92 Å². The molecule has 0 amide bonds. The summed E-state index contributed by atoms with van der Waals surface area (Å²) in [7, 11) is 0. The van der Waals surface area contributed by atoms with Crippen LogP contribution in [0.2, 0.25) is 0 Å². The SMILES string of the molecule is CCC[C@@H](C(=O)CC)C(=O)OCC. The van der Waals surface area contributed by atoms with E-state index in [0.717, 1.165) is 6.42 Å². The van der Waals surface area contributed by atoms with Crippen LogP contribution in [0.4, 0.5) is 0 Å². The number of carbonyl (C=O) groups is 2. The highest BCUT2D eigenvalue weighted by Crippen LogP contribution is 2.11. The third kappa shape index (κ3) is 4.06. The Morgan fingerprint density at radius 2 is 1.85 bits per heavy atom. The molecule has 0 aromatic heterocycles. The third-order valence-corrected chi connectivity index (χ3v) is 1.89. The van der Waals surface area contributed by atoms with Gasteiger partial charge in [-0.3, -0.25) is 9.59 Å². The van der Waals surface area contributed by atoms with Gasteiger partial charge in [-0.25, -0.2) is 0 Å². The van der Waals surface area contributed by atoms with Gasteiger partial charge in [0, 0.05) is 6.42 Å². The van der Waals surface area contributed by atoms with Crippen LogP contribution >= 0.6 is 0 Å². The Morgan fingerprint density at radius 3 is 2.23 bits per heavy atom. The highest BCUT2D eigenvalue weighted by atomic mass is 16.5. The smallest absolute Gasteiger partial charge is 0.316 e. The molecule has 0 radical (unpaired) electrons. The third-order valence-electron chi connectivity index (χ3n) is 1.89. The fourth-order valence-electron chi connectivity index (χ4n) is 1.19. The quantitative estimate of drug-likeness (QED) is 0.470. The van der Waals surface area contributed by atoms with Crippen LogP contribution in [0.15, 0.2) is 0 Å². The monoisotopic (exact) mass is 186 g/mol. The van der Waals surface area contributed by atoms with Crippen molar-refractivity contribution in [1.82, 2.24) is 0 Å². The van der Waals surface area contributed by atoms with E-state index in [1.54, 1.807) is 13.8 Å². The van der Waals surface area contributed by atoms with E-state index in [0.29, 0.717) is 19.4 Å². The first-order chi connectivity index (χ1) is 6.17. The molecule has 0 rings (SSSR count). The maximum Gasteiger partial charge on any atom is 0.316 e. The van der Waals surface area contributed by atoms with Crippen LogP contribution in [0.1, 0.15) is 40.0 Å². The maximum atomic E-state index is 11.3. The molecule has 0 aromatic carbocycles. The predicted molar refractivity (Wildman–Crippen MR) is 50.3 cm³/mol. The Labute approximate surface area is 79.5 Å². The summed E-state index contributed by atoms with van der Waals surface area (Å²) < 4.78 is 4.82. The van der Waals surface area contributed by atoms with Gasteiger partial charge in [-0.05, 0) is 13.3 Å². The molecule has 3 heteroatoms. The van der Waals surface area contributed by atoms with Gasteiger partial charge in [-0.15, -0.1) is 0 Å². The molecule has 3 nitrogen and oxygen atoms in total. The molecule has 1 atom stereocenters. The number of hydrogen-bond donors (Lipinski definition) is 0. The van der Waals surface area contributed by atoms with Crippen LogP contribution < -0.4 is 0 Å². The summed E-state index contributed by atoms with van der Waals surface area (Å²) in [6.45, 7) is 5.81. The van der Waals surface area contributed by atoms with E-state index >= 15 is 0 Å². The standard InChI is InChI=1S/C10H18O3/c1-4-7-8(9(11)5-2)10(12)13-6-3/h8H,4-7H2,1-3H3/t8-/m0/s1. The molecule has 0 saturated carbocycles. The average molecular weight is 186 g/mol. The highest BCUT2D eigenvalue weighted by molar-refractivity contribution is 5.98. The fourth-order valence-corrected chi connectivity index (χ4v) is 1.19. The first kappa shape index (κ1) is 12.1. The van der Waals surface area contributed by atoms with Crippen molar-refractivity contribution >= 4 is 11.8 Å². The molecule has 13 heavy (non-hydrogen) atoms. The van der Waals surface area contributed by atoms with E-state index < -0.39 is 5.92 Å². The molecule has 0 bridgehead atoms. The van der Waals surface area contributed by atoms with E-state index in [9.17, 15) is 9.59 Å². The van der Waals surface area contributed by atoms with Crippen LogP contribution in [0.5, 0.6) is 0 Å². The number of esters is 1. The van der Waals surface area contributed by atoms with Gasteiger partial charge in [0.1, 0.15) is 11.7 Å². The van der Waals surface area contributed by atoms with Crippen molar-refractivity contribution in [2.45, 2.75) is 40.0 Å². The highest BCUT2D eigenvalue weighted by Gasteiger charge is 2.24. The molecule has 0 aliphatic rings. The molecule has 76 valence electrons. The van der Waals surface area contributed by atoms with Crippen molar-refractivity contribution < 1.29 is 14.3 Å². The number of Topliss-reactive ketones (excluding diaryl/α,β-unsaturated/α-hetero) is 1. The summed E-state index contributed by atoms with van der Waals surface area (Å²) in [5.41, 5.74) is 0. The summed E-state index contributed by atoms with van der Waals surface area (Å²) in [5.74, 6) is -0.911. The van der Waals surface area contributed by atoms with Crippen molar-refractivity contribution in [3.63, 3.8) is 0 Å². The summed E-state index contributed by atoms with van der Waals surface area (Å²) in [6, 6.07) is 0.